The van der Waals surface area contributed by atoms with Crippen LogP contribution in [0.15, 0.2) is 12.1 Å². The van der Waals surface area contributed by atoms with Crippen molar-refractivity contribution in [2.24, 2.45) is 0 Å². The van der Waals surface area contributed by atoms with Gasteiger partial charge in [-0.3, -0.25) is 0 Å². The highest BCUT2D eigenvalue weighted by Crippen LogP contribution is 2.29. The van der Waals surface area contributed by atoms with Gasteiger partial charge < -0.3 is 10.5 Å². The lowest BCUT2D eigenvalue weighted by atomic mass is 10.2. The van der Waals surface area contributed by atoms with Crippen LogP contribution in [0.2, 0.25) is 10.0 Å². The lowest BCUT2D eigenvalue weighted by Crippen LogP contribution is -2.08. The van der Waals surface area contributed by atoms with Gasteiger partial charge in [-0.15, -0.1) is 0 Å². The number of nitrogens with two attached hydrogens (primary N) is 1. The summed E-state index contributed by atoms with van der Waals surface area (Å²) in [7, 11) is 0. The molecule has 0 aromatic heterocycles. The summed E-state index contributed by atoms with van der Waals surface area (Å²) in [5.41, 5.74) is 6.17. The van der Waals surface area contributed by atoms with E-state index < -0.39 is 5.97 Å². The van der Waals surface area contributed by atoms with E-state index in [0.717, 1.165) is 5.75 Å². The van der Waals surface area contributed by atoms with Gasteiger partial charge in [-0.2, -0.15) is 11.8 Å². The molecule has 3 nitrogen and oxygen atoms in total. The van der Waals surface area contributed by atoms with E-state index in [1.54, 1.807) is 11.8 Å². The van der Waals surface area contributed by atoms with Gasteiger partial charge in [-0.25, -0.2) is 4.79 Å². The molecule has 0 heterocycles. The van der Waals surface area contributed by atoms with Crippen molar-refractivity contribution in [1.82, 2.24) is 0 Å². The van der Waals surface area contributed by atoms with E-state index in [9.17, 15) is 4.79 Å². The van der Waals surface area contributed by atoms with Crippen LogP contribution >= 0.6 is 35.0 Å². The normalized spacial score (nSPS) is 10.2. The molecule has 0 fully saturated rings. The van der Waals surface area contributed by atoms with Crippen molar-refractivity contribution in [3.63, 3.8) is 0 Å². The number of ether oxygens (including phenoxy) is 1. The lowest BCUT2D eigenvalue weighted by molar-refractivity contribution is 0.0530. The van der Waals surface area contributed by atoms with E-state index in [1.807, 2.05) is 6.26 Å². The minimum atomic E-state index is -0.445. The molecule has 0 aliphatic carbocycles. The van der Waals surface area contributed by atoms with Gasteiger partial charge in [0.2, 0.25) is 0 Å². The Labute approximate surface area is 108 Å². The monoisotopic (exact) mass is 279 g/mol. The molecule has 0 atom stereocenters. The van der Waals surface area contributed by atoms with Crippen LogP contribution in [0.3, 0.4) is 0 Å². The second kappa shape index (κ2) is 6.23. The molecule has 0 unspecified atom stereocenters. The molecular weight excluding hydrogens is 269 g/mol. The number of hydrogen-bond donors (Lipinski definition) is 1. The van der Waals surface area contributed by atoms with E-state index >= 15 is 0 Å². The molecule has 0 aliphatic heterocycles. The second-order valence-electron chi connectivity index (χ2n) is 2.99. The Balaban J connectivity index is 2.76. The minimum absolute atomic E-state index is 0.249. The first-order valence-electron chi connectivity index (χ1n) is 4.47. The van der Waals surface area contributed by atoms with E-state index in [2.05, 4.69) is 0 Å². The summed E-state index contributed by atoms with van der Waals surface area (Å²) in [6, 6.07) is 2.90. The molecule has 0 amide bonds. The Morgan fingerprint density at radius 1 is 1.50 bits per heavy atom. The van der Waals surface area contributed by atoms with Crippen molar-refractivity contribution >= 4 is 46.6 Å². The molecule has 0 spiro atoms. The fraction of sp³-hybridized carbons (Fsp3) is 0.300. The van der Waals surface area contributed by atoms with Crippen molar-refractivity contribution in [2.45, 2.75) is 0 Å². The maximum Gasteiger partial charge on any atom is 0.338 e. The smallest absolute Gasteiger partial charge is 0.338 e. The summed E-state index contributed by atoms with van der Waals surface area (Å²) < 4.78 is 5.00. The van der Waals surface area contributed by atoms with Crippen LogP contribution in [-0.4, -0.2) is 24.6 Å². The molecule has 1 aromatic carbocycles. The maximum absolute atomic E-state index is 11.5. The first-order chi connectivity index (χ1) is 7.56. The quantitative estimate of drug-likeness (QED) is 0.523. The van der Waals surface area contributed by atoms with E-state index in [0.29, 0.717) is 12.2 Å². The summed E-state index contributed by atoms with van der Waals surface area (Å²) in [6.07, 6.45) is 1.94. The molecular formula is C10H11Cl2NO2S. The fourth-order valence-corrected chi connectivity index (χ4v) is 1.61. The van der Waals surface area contributed by atoms with Gasteiger partial charge in [0.1, 0.15) is 6.61 Å². The number of carbonyl (C=O) groups is 1. The van der Waals surface area contributed by atoms with Crippen molar-refractivity contribution in [2.75, 3.05) is 24.3 Å². The van der Waals surface area contributed by atoms with Gasteiger partial charge in [-0.1, -0.05) is 23.2 Å². The molecule has 6 heteroatoms. The van der Waals surface area contributed by atoms with Crippen LogP contribution in [0.1, 0.15) is 10.4 Å². The van der Waals surface area contributed by atoms with Crippen LogP contribution in [0.25, 0.3) is 0 Å². The Morgan fingerprint density at radius 3 is 2.75 bits per heavy atom. The molecule has 0 radical (unpaired) electrons. The Bertz CT molecular complexity index is 375. The maximum atomic E-state index is 11.5. The van der Waals surface area contributed by atoms with Gasteiger partial charge in [0.25, 0.3) is 0 Å². The molecule has 1 aromatic rings. The third-order valence-electron chi connectivity index (χ3n) is 1.81. The third-order valence-corrected chi connectivity index (χ3v) is 3.20. The van der Waals surface area contributed by atoms with Crippen LogP contribution in [0.5, 0.6) is 0 Å². The zero-order valence-corrected chi connectivity index (χ0v) is 11.0. The number of hydrogen-bond acceptors (Lipinski definition) is 4. The molecule has 0 aliphatic rings. The highest BCUT2D eigenvalue weighted by molar-refractivity contribution is 7.98. The highest BCUT2D eigenvalue weighted by atomic mass is 35.5. The van der Waals surface area contributed by atoms with Gasteiger partial charge in [-0.05, 0) is 18.4 Å². The zero-order chi connectivity index (χ0) is 12.1. The number of anilines is 1. The SMILES string of the molecule is CSCCOC(=O)c1cc(N)c(Cl)c(Cl)c1. The summed E-state index contributed by atoms with van der Waals surface area (Å²) in [5, 5.41) is 0.501. The number of thioether (sulfide) groups is 1. The van der Waals surface area contributed by atoms with Gasteiger partial charge in [0.05, 0.1) is 21.3 Å². The molecule has 0 bridgehead atoms. The van der Waals surface area contributed by atoms with Crippen LogP contribution in [0.4, 0.5) is 5.69 Å². The summed E-state index contributed by atoms with van der Waals surface area (Å²) in [6.45, 7) is 0.361. The molecule has 0 saturated carbocycles. The van der Waals surface area contributed by atoms with Crippen LogP contribution in [0, 0.1) is 0 Å². The van der Waals surface area contributed by atoms with Gasteiger partial charge >= 0.3 is 5.97 Å². The number of esters is 1. The average Bonchev–Trinajstić information content (AvgIpc) is 2.25. The minimum Gasteiger partial charge on any atom is -0.461 e. The number of nitrogen functional groups attached to an aromatic ring is 1. The molecule has 16 heavy (non-hydrogen) atoms. The molecule has 88 valence electrons. The highest BCUT2D eigenvalue weighted by Gasteiger charge is 2.12. The lowest BCUT2D eigenvalue weighted by Gasteiger charge is -2.06. The average molecular weight is 280 g/mol. The Kier molecular flexibility index (Phi) is 5.25. The fourth-order valence-electron chi connectivity index (χ4n) is 1.03. The standard InChI is InChI=1S/C10H11Cl2NO2S/c1-16-3-2-15-10(14)6-4-7(11)9(12)8(13)5-6/h4-5H,2-3,13H2,1H3. The first-order valence-corrected chi connectivity index (χ1v) is 6.61. The van der Waals surface area contributed by atoms with Gasteiger partial charge in [0.15, 0.2) is 0 Å². The number of rotatable bonds is 4. The molecule has 0 saturated heterocycles. The van der Waals surface area contributed by atoms with E-state index in [1.165, 1.54) is 12.1 Å². The first kappa shape index (κ1) is 13.5. The molecule has 2 N–H and O–H groups in total. The Morgan fingerprint density at radius 2 is 2.19 bits per heavy atom. The zero-order valence-electron chi connectivity index (χ0n) is 8.63. The summed E-state index contributed by atoms with van der Waals surface area (Å²) >= 11 is 13.2. The van der Waals surface area contributed by atoms with Crippen LogP contribution in [-0.2, 0) is 4.74 Å². The topological polar surface area (TPSA) is 52.3 Å². The van der Waals surface area contributed by atoms with Crippen molar-refractivity contribution in [3.05, 3.63) is 27.7 Å². The largest absolute Gasteiger partial charge is 0.461 e. The van der Waals surface area contributed by atoms with E-state index in [4.69, 9.17) is 33.7 Å². The van der Waals surface area contributed by atoms with Crippen LogP contribution < -0.4 is 5.73 Å². The van der Waals surface area contributed by atoms with E-state index in [-0.39, 0.29) is 15.7 Å². The second-order valence-corrected chi connectivity index (χ2v) is 4.76. The van der Waals surface area contributed by atoms with Crippen molar-refractivity contribution in [3.8, 4) is 0 Å². The number of halogens is 2. The van der Waals surface area contributed by atoms with Gasteiger partial charge in [0, 0.05) is 5.75 Å². The Hall–Kier alpha value is -0.580. The molecule has 1 rings (SSSR count). The summed E-state index contributed by atoms with van der Waals surface area (Å²) in [4.78, 5) is 11.5. The predicted octanol–water partition coefficient (Wildman–Crippen LogP) is 3.10. The number of benzene rings is 1. The third kappa shape index (κ3) is 3.47. The number of carbonyl (C=O) groups excluding carboxylic acids is 1. The summed E-state index contributed by atoms with van der Waals surface area (Å²) in [5.74, 6) is 0.307. The predicted molar refractivity (Wildman–Crippen MR) is 69.5 cm³/mol. The van der Waals surface area contributed by atoms with Crippen molar-refractivity contribution in [1.29, 1.82) is 0 Å². The van der Waals surface area contributed by atoms with Crippen molar-refractivity contribution < 1.29 is 9.53 Å².